The number of nitrogens with one attached hydrogen (secondary N) is 2. The van der Waals surface area contributed by atoms with Crippen LogP contribution in [-0.2, 0) is 20.0 Å². The highest BCUT2D eigenvalue weighted by Gasteiger charge is 2.18. The number of aromatic nitrogens is 2. The van der Waals surface area contributed by atoms with E-state index in [2.05, 4.69) is 14.7 Å². The van der Waals surface area contributed by atoms with Gasteiger partial charge in [-0.2, -0.15) is 8.42 Å². The molecular formula is C11H14N4O4S2. The summed E-state index contributed by atoms with van der Waals surface area (Å²) in [5, 5.41) is -0.0764. The molecule has 2 rings (SSSR count). The fourth-order valence-corrected chi connectivity index (χ4v) is 3.37. The zero-order valence-electron chi connectivity index (χ0n) is 11.3. The Hall–Kier alpha value is -1.91. The lowest BCUT2D eigenvalue weighted by Crippen LogP contribution is -2.22. The van der Waals surface area contributed by atoms with Crippen LogP contribution in [-0.4, -0.2) is 45.2 Å². The number of hydrogen-bond donors (Lipinski definition) is 2. The molecule has 1 aromatic heterocycles. The maximum absolute atomic E-state index is 11.9. The smallest absolute Gasteiger partial charge is 0.278 e. The van der Waals surface area contributed by atoms with Crippen molar-refractivity contribution in [1.29, 1.82) is 0 Å². The first kappa shape index (κ1) is 15.5. The fraction of sp³-hybridized carbons (Fsp3) is 0.182. The van der Waals surface area contributed by atoms with Crippen LogP contribution in [0.3, 0.4) is 0 Å². The predicted octanol–water partition coefficient (Wildman–Crippen LogP) is 0.461. The Morgan fingerprint density at radius 1 is 1.10 bits per heavy atom. The molecule has 0 saturated carbocycles. The van der Waals surface area contributed by atoms with Gasteiger partial charge < -0.3 is 4.98 Å². The Morgan fingerprint density at radius 2 is 1.71 bits per heavy atom. The average molecular weight is 330 g/mol. The van der Waals surface area contributed by atoms with Crippen molar-refractivity contribution < 1.29 is 16.8 Å². The van der Waals surface area contributed by atoms with Gasteiger partial charge in [-0.15, -0.1) is 0 Å². The lowest BCUT2D eigenvalue weighted by atomic mass is 10.3. The normalized spacial score (nSPS) is 12.5. The quantitative estimate of drug-likeness (QED) is 0.827. The Kier molecular flexibility index (Phi) is 4.03. The summed E-state index contributed by atoms with van der Waals surface area (Å²) >= 11 is 0. The van der Waals surface area contributed by atoms with Gasteiger partial charge in [0.2, 0.25) is 10.0 Å². The van der Waals surface area contributed by atoms with E-state index in [0.29, 0.717) is 0 Å². The van der Waals surface area contributed by atoms with E-state index < -0.39 is 20.0 Å². The minimum absolute atomic E-state index is 0.0764. The number of imidazole rings is 1. The molecule has 2 N–H and O–H groups in total. The third-order valence-electron chi connectivity index (χ3n) is 2.65. The van der Waals surface area contributed by atoms with Gasteiger partial charge in [-0.05, 0) is 24.3 Å². The molecule has 0 atom stereocenters. The van der Waals surface area contributed by atoms with Crippen LogP contribution < -0.4 is 4.72 Å². The largest absolute Gasteiger partial charge is 0.334 e. The van der Waals surface area contributed by atoms with Crippen LogP contribution in [0.5, 0.6) is 0 Å². The summed E-state index contributed by atoms with van der Waals surface area (Å²) in [7, 11) is -4.46. The predicted molar refractivity (Wildman–Crippen MR) is 76.7 cm³/mol. The molecule has 0 unspecified atom stereocenters. The summed E-state index contributed by atoms with van der Waals surface area (Å²) in [6, 6.07) is 5.43. The van der Waals surface area contributed by atoms with E-state index in [1.165, 1.54) is 50.9 Å². The van der Waals surface area contributed by atoms with Crippen molar-refractivity contribution in [2.75, 3.05) is 18.8 Å². The molecule has 0 radical (unpaired) electrons. The van der Waals surface area contributed by atoms with Crippen LogP contribution in [0.4, 0.5) is 5.69 Å². The average Bonchev–Trinajstić information content (AvgIpc) is 2.93. The van der Waals surface area contributed by atoms with Crippen molar-refractivity contribution >= 4 is 25.7 Å². The molecule has 0 aliphatic carbocycles. The highest BCUT2D eigenvalue weighted by atomic mass is 32.2. The van der Waals surface area contributed by atoms with E-state index in [-0.39, 0.29) is 15.6 Å². The zero-order valence-corrected chi connectivity index (χ0v) is 12.9. The minimum atomic E-state index is -3.76. The SMILES string of the molecule is CN(C)S(=O)(=O)c1ccc(NS(=O)(=O)c2cnc[nH]2)cc1. The summed E-state index contributed by atoms with van der Waals surface area (Å²) in [5.41, 5.74) is 0.252. The summed E-state index contributed by atoms with van der Waals surface area (Å²) in [6.07, 6.45) is 2.43. The molecule has 21 heavy (non-hydrogen) atoms. The molecule has 0 saturated heterocycles. The van der Waals surface area contributed by atoms with Gasteiger partial charge in [0.25, 0.3) is 10.0 Å². The standard InChI is InChI=1S/C11H14N4O4S2/c1-15(2)21(18,19)10-5-3-9(4-6-10)14-20(16,17)11-7-12-8-13-11/h3-8,14H,1-2H3,(H,12,13). The number of nitrogens with zero attached hydrogens (tertiary/aromatic N) is 2. The van der Waals surface area contributed by atoms with Crippen molar-refractivity contribution in [3.05, 3.63) is 36.8 Å². The summed E-state index contributed by atoms with van der Waals surface area (Å²) in [4.78, 5) is 6.20. The summed E-state index contributed by atoms with van der Waals surface area (Å²) < 4.78 is 51.1. The number of benzene rings is 1. The molecule has 0 aliphatic rings. The number of anilines is 1. The molecule has 1 aromatic carbocycles. The molecular weight excluding hydrogens is 316 g/mol. The van der Waals surface area contributed by atoms with E-state index in [9.17, 15) is 16.8 Å². The molecule has 8 nitrogen and oxygen atoms in total. The Balaban J connectivity index is 2.25. The Bertz CT molecular complexity index is 810. The van der Waals surface area contributed by atoms with E-state index in [4.69, 9.17) is 0 Å². The van der Waals surface area contributed by atoms with Crippen molar-refractivity contribution in [2.24, 2.45) is 0 Å². The monoisotopic (exact) mass is 330 g/mol. The number of H-pyrrole nitrogens is 1. The molecule has 10 heteroatoms. The van der Waals surface area contributed by atoms with Crippen molar-refractivity contribution in [3.63, 3.8) is 0 Å². The molecule has 0 spiro atoms. The van der Waals surface area contributed by atoms with Crippen LogP contribution in [0.25, 0.3) is 0 Å². The maximum Gasteiger partial charge on any atom is 0.278 e. The lowest BCUT2D eigenvalue weighted by molar-refractivity contribution is 0.521. The first-order valence-corrected chi connectivity index (χ1v) is 8.69. The minimum Gasteiger partial charge on any atom is -0.334 e. The summed E-state index contributed by atoms with van der Waals surface area (Å²) in [6.45, 7) is 0. The van der Waals surface area contributed by atoms with Crippen molar-refractivity contribution in [3.8, 4) is 0 Å². The van der Waals surface area contributed by atoms with Gasteiger partial charge in [-0.1, -0.05) is 0 Å². The second-order valence-corrected chi connectivity index (χ2v) is 8.14. The van der Waals surface area contributed by atoms with E-state index in [0.717, 1.165) is 4.31 Å². The first-order valence-electron chi connectivity index (χ1n) is 5.77. The maximum atomic E-state index is 11.9. The molecule has 0 aliphatic heterocycles. The highest BCUT2D eigenvalue weighted by molar-refractivity contribution is 7.92. The van der Waals surface area contributed by atoms with Gasteiger partial charge in [0.05, 0.1) is 17.4 Å². The van der Waals surface area contributed by atoms with Gasteiger partial charge in [-0.25, -0.2) is 17.7 Å². The Labute approximate surface area is 122 Å². The third-order valence-corrected chi connectivity index (χ3v) is 5.78. The number of aromatic amines is 1. The van der Waals surface area contributed by atoms with Crippen LogP contribution in [0.2, 0.25) is 0 Å². The summed E-state index contributed by atoms with van der Waals surface area (Å²) in [5.74, 6) is 0. The third kappa shape index (κ3) is 3.23. The molecule has 0 fully saturated rings. The molecule has 0 bridgehead atoms. The van der Waals surface area contributed by atoms with E-state index in [1.54, 1.807) is 0 Å². The number of rotatable bonds is 5. The van der Waals surface area contributed by atoms with Crippen LogP contribution in [0.15, 0.2) is 46.7 Å². The molecule has 0 amide bonds. The number of hydrogen-bond acceptors (Lipinski definition) is 5. The zero-order chi connectivity index (χ0) is 15.7. The topological polar surface area (TPSA) is 112 Å². The van der Waals surface area contributed by atoms with Gasteiger partial charge in [0.15, 0.2) is 5.03 Å². The van der Waals surface area contributed by atoms with Gasteiger partial charge in [0, 0.05) is 19.8 Å². The van der Waals surface area contributed by atoms with E-state index in [1.807, 2.05) is 0 Å². The van der Waals surface area contributed by atoms with Gasteiger partial charge in [0.1, 0.15) is 0 Å². The number of sulfonamides is 2. The lowest BCUT2D eigenvalue weighted by Gasteiger charge is -2.12. The first-order chi connectivity index (χ1) is 9.73. The fourth-order valence-electron chi connectivity index (χ4n) is 1.51. The second-order valence-electron chi connectivity index (χ2n) is 4.33. The molecule has 2 aromatic rings. The van der Waals surface area contributed by atoms with Crippen LogP contribution in [0.1, 0.15) is 0 Å². The van der Waals surface area contributed by atoms with Crippen LogP contribution in [0, 0.1) is 0 Å². The molecule has 114 valence electrons. The highest BCUT2D eigenvalue weighted by Crippen LogP contribution is 2.18. The Morgan fingerprint density at radius 3 is 2.19 bits per heavy atom. The van der Waals surface area contributed by atoms with Gasteiger partial charge in [-0.3, -0.25) is 4.72 Å². The molecule has 1 heterocycles. The van der Waals surface area contributed by atoms with Crippen LogP contribution >= 0.6 is 0 Å². The van der Waals surface area contributed by atoms with Crippen molar-refractivity contribution in [2.45, 2.75) is 9.92 Å². The second kappa shape index (κ2) is 5.47. The van der Waals surface area contributed by atoms with Crippen molar-refractivity contribution in [1.82, 2.24) is 14.3 Å². The van der Waals surface area contributed by atoms with Gasteiger partial charge >= 0.3 is 0 Å². The van der Waals surface area contributed by atoms with E-state index >= 15 is 0 Å².